The van der Waals surface area contributed by atoms with Gasteiger partial charge >= 0.3 is 0 Å². The van der Waals surface area contributed by atoms with Crippen molar-refractivity contribution in [1.29, 1.82) is 0 Å². The van der Waals surface area contributed by atoms with Crippen LogP contribution in [0.1, 0.15) is 13.8 Å². The molecule has 2 N–H and O–H groups in total. The number of rotatable bonds is 7. The van der Waals surface area contributed by atoms with Gasteiger partial charge in [-0.2, -0.15) is 4.31 Å². The summed E-state index contributed by atoms with van der Waals surface area (Å²) in [5.74, 6) is -0.641. The molecule has 3 aromatic rings. The minimum absolute atomic E-state index is 0.149. The Morgan fingerprint density at radius 2 is 1.47 bits per heavy atom. The molecule has 7 nitrogen and oxygen atoms in total. The van der Waals surface area contributed by atoms with Crippen LogP contribution in [0.2, 0.25) is 0 Å². The lowest BCUT2D eigenvalue weighted by molar-refractivity contribution is -0.116. The van der Waals surface area contributed by atoms with Crippen molar-refractivity contribution in [3.63, 3.8) is 0 Å². The highest BCUT2D eigenvalue weighted by atomic mass is 32.2. The van der Waals surface area contributed by atoms with Gasteiger partial charge < -0.3 is 10.6 Å². The van der Waals surface area contributed by atoms with Gasteiger partial charge in [0, 0.05) is 24.8 Å². The van der Waals surface area contributed by atoms with Crippen LogP contribution in [0.4, 0.5) is 11.4 Å². The number of benzene rings is 3. The Morgan fingerprint density at radius 3 is 2.07 bits per heavy atom. The molecule has 0 spiro atoms. The molecule has 3 aromatic carbocycles. The Morgan fingerprint density at radius 1 is 0.867 bits per heavy atom. The first-order chi connectivity index (χ1) is 14.3. The van der Waals surface area contributed by atoms with Gasteiger partial charge in [-0.05, 0) is 47.2 Å². The average molecular weight is 426 g/mol. The van der Waals surface area contributed by atoms with E-state index in [4.69, 9.17) is 0 Å². The first-order valence-corrected chi connectivity index (χ1v) is 10.9. The van der Waals surface area contributed by atoms with Crippen LogP contribution in [0.3, 0.4) is 0 Å². The molecule has 0 aliphatic heterocycles. The number of nitrogens with zero attached hydrogens (tertiary/aromatic N) is 1. The van der Waals surface area contributed by atoms with Gasteiger partial charge in [0.2, 0.25) is 21.8 Å². The second-order valence-corrected chi connectivity index (χ2v) is 8.68. The van der Waals surface area contributed by atoms with E-state index in [0.717, 1.165) is 15.1 Å². The molecule has 0 fully saturated rings. The second-order valence-electron chi connectivity index (χ2n) is 6.75. The van der Waals surface area contributed by atoms with Gasteiger partial charge in [0.25, 0.3) is 0 Å². The summed E-state index contributed by atoms with van der Waals surface area (Å²) in [5.41, 5.74) is 1.11. The van der Waals surface area contributed by atoms with E-state index < -0.39 is 15.9 Å². The summed E-state index contributed by atoms with van der Waals surface area (Å²) >= 11 is 0. The summed E-state index contributed by atoms with van der Waals surface area (Å²) in [6.45, 7) is 2.95. The quantitative estimate of drug-likeness (QED) is 0.606. The van der Waals surface area contributed by atoms with Crippen LogP contribution < -0.4 is 10.6 Å². The van der Waals surface area contributed by atoms with Gasteiger partial charge in [0.1, 0.15) is 0 Å². The van der Waals surface area contributed by atoms with Crippen LogP contribution in [0, 0.1) is 0 Å². The molecule has 30 heavy (non-hydrogen) atoms. The fourth-order valence-electron chi connectivity index (χ4n) is 3.04. The summed E-state index contributed by atoms with van der Waals surface area (Å²) in [7, 11) is -3.83. The van der Waals surface area contributed by atoms with E-state index in [1.165, 1.54) is 6.92 Å². The second kappa shape index (κ2) is 9.06. The topological polar surface area (TPSA) is 95.6 Å². The Balaban J connectivity index is 1.72. The van der Waals surface area contributed by atoms with Crippen LogP contribution in [0.25, 0.3) is 10.8 Å². The van der Waals surface area contributed by atoms with E-state index in [0.29, 0.717) is 11.4 Å². The molecule has 0 unspecified atom stereocenters. The number of sulfonamides is 1. The Labute approximate surface area is 175 Å². The predicted molar refractivity (Wildman–Crippen MR) is 118 cm³/mol. The molecule has 0 saturated heterocycles. The summed E-state index contributed by atoms with van der Waals surface area (Å²) < 4.78 is 27.2. The highest BCUT2D eigenvalue weighted by Crippen LogP contribution is 2.22. The monoisotopic (exact) mass is 425 g/mol. The summed E-state index contributed by atoms with van der Waals surface area (Å²) in [4.78, 5) is 23.7. The smallest absolute Gasteiger partial charge is 0.243 e. The molecule has 2 amide bonds. The number of hydrogen-bond donors (Lipinski definition) is 2. The number of hydrogen-bond acceptors (Lipinski definition) is 4. The molecule has 0 atom stereocenters. The van der Waals surface area contributed by atoms with Crippen molar-refractivity contribution in [3.05, 3.63) is 66.7 Å². The van der Waals surface area contributed by atoms with Crippen LogP contribution in [-0.4, -0.2) is 37.6 Å². The minimum atomic E-state index is -3.83. The molecule has 0 aliphatic rings. The largest absolute Gasteiger partial charge is 0.326 e. The third kappa shape index (κ3) is 5.03. The van der Waals surface area contributed by atoms with E-state index in [9.17, 15) is 18.0 Å². The maximum atomic E-state index is 13.0. The third-order valence-electron chi connectivity index (χ3n) is 4.52. The van der Waals surface area contributed by atoms with Crippen LogP contribution in [0.15, 0.2) is 71.6 Å². The lowest BCUT2D eigenvalue weighted by atomic mass is 10.1. The van der Waals surface area contributed by atoms with Crippen molar-refractivity contribution in [2.45, 2.75) is 18.7 Å². The van der Waals surface area contributed by atoms with Gasteiger partial charge in [0.05, 0.1) is 11.4 Å². The van der Waals surface area contributed by atoms with Gasteiger partial charge in [-0.25, -0.2) is 8.42 Å². The van der Waals surface area contributed by atoms with E-state index >= 15 is 0 Å². The number of nitrogens with one attached hydrogen (secondary N) is 2. The molecule has 0 saturated carbocycles. The minimum Gasteiger partial charge on any atom is -0.326 e. The first-order valence-electron chi connectivity index (χ1n) is 9.46. The number of likely N-dealkylation sites (N-methyl/N-ethyl adjacent to an activating group) is 1. The molecule has 0 aromatic heterocycles. The molecule has 0 bridgehead atoms. The number of carbonyl (C=O) groups is 2. The number of anilines is 2. The molecule has 0 aliphatic carbocycles. The zero-order chi connectivity index (χ0) is 21.7. The lowest BCUT2D eigenvalue weighted by Crippen LogP contribution is -2.37. The molecular formula is C22H23N3O4S. The highest BCUT2D eigenvalue weighted by molar-refractivity contribution is 7.89. The predicted octanol–water partition coefficient (Wildman–Crippen LogP) is 3.45. The molecule has 156 valence electrons. The highest BCUT2D eigenvalue weighted by Gasteiger charge is 2.25. The van der Waals surface area contributed by atoms with E-state index in [1.54, 1.807) is 49.4 Å². The van der Waals surface area contributed by atoms with Gasteiger partial charge in [-0.3, -0.25) is 9.59 Å². The van der Waals surface area contributed by atoms with Crippen LogP contribution in [-0.2, 0) is 19.6 Å². The zero-order valence-corrected chi connectivity index (χ0v) is 17.6. The standard InChI is InChI=1S/C22H23N3O4S/c1-3-25(15-22(27)24-20-11-9-19(10-12-20)23-16(2)26)30(28,29)21-13-8-17-6-4-5-7-18(17)14-21/h4-14H,3,15H2,1-2H3,(H,23,26)(H,24,27). The Bertz CT molecular complexity index is 1170. The van der Waals surface area contributed by atoms with Gasteiger partial charge in [-0.1, -0.05) is 37.3 Å². The molecule has 0 heterocycles. The van der Waals surface area contributed by atoms with Gasteiger partial charge in [-0.15, -0.1) is 0 Å². The molecule has 8 heteroatoms. The van der Waals surface area contributed by atoms with Crippen molar-refractivity contribution in [3.8, 4) is 0 Å². The summed E-state index contributed by atoms with van der Waals surface area (Å²) in [6, 6.07) is 19.0. The van der Waals surface area contributed by atoms with E-state index in [1.807, 2.05) is 24.3 Å². The Kier molecular flexibility index (Phi) is 6.49. The average Bonchev–Trinajstić information content (AvgIpc) is 2.72. The maximum absolute atomic E-state index is 13.0. The number of carbonyl (C=O) groups excluding carboxylic acids is 2. The zero-order valence-electron chi connectivity index (χ0n) is 16.8. The van der Waals surface area contributed by atoms with Crippen molar-refractivity contribution in [2.75, 3.05) is 23.7 Å². The van der Waals surface area contributed by atoms with Crippen molar-refractivity contribution >= 4 is 44.0 Å². The third-order valence-corrected chi connectivity index (χ3v) is 6.44. The molecule has 3 rings (SSSR count). The molecular weight excluding hydrogens is 402 g/mol. The van der Waals surface area contributed by atoms with Crippen LogP contribution >= 0.6 is 0 Å². The SMILES string of the molecule is CCN(CC(=O)Nc1ccc(NC(C)=O)cc1)S(=O)(=O)c1ccc2ccccc2c1. The van der Waals surface area contributed by atoms with E-state index in [2.05, 4.69) is 10.6 Å². The Hall–Kier alpha value is -3.23. The molecule has 0 radical (unpaired) electrons. The van der Waals surface area contributed by atoms with E-state index in [-0.39, 0.29) is 23.9 Å². The number of amides is 2. The van der Waals surface area contributed by atoms with Crippen LogP contribution in [0.5, 0.6) is 0 Å². The fraction of sp³-hybridized carbons (Fsp3) is 0.182. The van der Waals surface area contributed by atoms with Crippen molar-refractivity contribution < 1.29 is 18.0 Å². The maximum Gasteiger partial charge on any atom is 0.243 e. The fourth-order valence-corrected chi connectivity index (χ4v) is 4.49. The first kappa shape index (κ1) is 21.5. The van der Waals surface area contributed by atoms with Crippen molar-refractivity contribution in [1.82, 2.24) is 4.31 Å². The normalized spacial score (nSPS) is 11.4. The van der Waals surface area contributed by atoms with Crippen molar-refractivity contribution in [2.24, 2.45) is 0 Å². The number of fused-ring (bicyclic) bond motifs is 1. The lowest BCUT2D eigenvalue weighted by Gasteiger charge is -2.20. The van der Waals surface area contributed by atoms with Gasteiger partial charge in [0.15, 0.2) is 0 Å². The summed E-state index contributed by atoms with van der Waals surface area (Å²) in [5, 5.41) is 7.08. The summed E-state index contributed by atoms with van der Waals surface area (Å²) in [6.07, 6.45) is 0.